The van der Waals surface area contributed by atoms with Crippen molar-refractivity contribution in [2.45, 2.75) is 19.8 Å². The number of nitrogens with one attached hydrogen (secondary N) is 1. The topological polar surface area (TPSA) is 72.7 Å². The predicted molar refractivity (Wildman–Crippen MR) is 109 cm³/mol. The lowest BCUT2D eigenvalue weighted by Crippen LogP contribution is -2.12. The lowest BCUT2D eigenvalue weighted by molar-refractivity contribution is 0.103. The second-order valence-electron chi connectivity index (χ2n) is 6.88. The summed E-state index contributed by atoms with van der Waals surface area (Å²) in [7, 11) is 0. The maximum atomic E-state index is 14.3. The Hall–Kier alpha value is -3.39. The Morgan fingerprint density at radius 3 is 2.79 bits per heavy atom. The van der Waals surface area contributed by atoms with Crippen LogP contribution < -0.4 is 5.32 Å². The molecule has 0 radical (unpaired) electrons. The van der Waals surface area contributed by atoms with Crippen molar-refractivity contribution < 1.29 is 9.18 Å². The number of hydrogen-bond donors (Lipinski definition) is 1. The van der Waals surface area contributed by atoms with E-state index in [2.05, 4.69) is 33.0 Å². The number of fused-ring (bicyclic) bond motifs is 3. The third-order valence-electron chi connectivity index (χ3n) is 5.03. The number of tetrazole rings is 1. The predicted octanol–water partition coefficient (Wildman–Crippen LogP) is 4.19. The van der Waals surface area contributed by atoms with Gasteiger partial charge in [0.15, 0.2) is 5.82 Å². The summed E-state index contributed by atoms with van der Waals surface area (Å²) >= 11 is 1.44. The fourth-order valence-corrected chi connectivity index (χ4v) is 4.74. The Labute approximate surface area is 170 Å². The summed E-state index contributed by atoms with van der Waals surface area (Å²) in [4.78, 5) is 14.5. The van der Waals surface area contributed by atoms with Gasteiger partial charge in [0, 0.05) is 4.88 Å². The molecule has 5 rings (SSSR count). The average molecular weight is 405 g/mol. The highest BCUT2D eigenvalue weighted by Gasteiger charge is 2.22. The molecule has 0 bridgehead atoms. The van der Waals surface area contributed by atoms with Gasteiger partial charge in [-0.1, -0.05) is 24.3 Å². The number of aryl methyl sites for hydroxylation is 3. The maximum Gasteiger partial charge on any atom is 0.265 e. The Bertz CT molecular complexity index is 1250. The van der Waals surface area contributed by atoms with Crippen LogP contribution in [-0.2, 0) is 12.8 Å². The van der Waals surface area contributed by atoms with Gasteiger partial charge in [0.1, 0.15) is 5.82 Å². The molecule has 6 nitrogen and oxygen atoms in total. The van der Waals surface area contributed by atoms with E-state index in [-0.39, 0.29) is 11.6 Å². The average Bonchev–Trinajstić information content (AvgIpc) is 3.36. The Balaban J connectivity index is 1.45. The lowest BCUT2D eigenvalue weighted by Gasteiger charge is -2.15. The standard InChI is InChI=1S/C21H16FN5OS/c1-12-24-25-26-27(12)15-8-9-17(22)18(11-15)23-21(28)19-10-14-7-6-13-4-2-3-5-16(13)20(14)29-19/h2-5,8-11H,6-7H2,1H3,(H,23,28). The van der Waals surface area contributed by atoms with Crippen LogP contribution in [-0.4, -0.2) is 26.1 Å². The molecular formula is C21H16FN5OS. The lowest BCUT2D eigenvalue weighted by atomic mass is 9.91. The molecule has 1 aliphatic carbocycles. The second kappa shape index (κ2) is 6.89. The van der Waals surface area contributed by atoms with E-state index in [1.54, 1.807) is 13.0 Å². The number of thiophene rings is 1. The highest BCUT2D eigenvalue weighted by molar-refractivity contribution is 7.17. The van der Waals surface area contributed by atoms with E-state index in [0.717, 1.165) is 23.3 Å². The number of anilines is 1. The Kier molecular flexibility index (Phi) is 4.21. The van der Waals surface area contributed by atoms with Crippen molar-refractivity contribution >= 4 is 22.9 Å². The van der Waals surface area contributed by atoms with E-state index >= 15 is 0 Å². The van der Waals surface area contributed by atoms with Crippen molar-refractivity contribution in [1.29, 1.82) is 0 Å². The van der Waals surface area contributed by atoms with Crippen LogP contribution in [0.3, 0.4) is 0 Å². The molecule has 1 N–H and O–H groups in total. The molecule has 0 spiro atoms. The van der Waals surface area contributed by atoms with E-state index in [1.807, 2.05) is 18.2 Å². The monoisotopic (exact) mass is 405 g/mol. The van der Waals surface area contributed by atoms with E-state index in [4.69, 9.17) is 0 Å². The minimum absolute atomic E-state index is 0.0918. The summed E-state index contributed by atoms with van der Waals surface area (Å²) in [5.41, 5.74) is 4.31. The van der Waals surface area contributed by atoms with Crippen LogP contribution in [0.1, 0.15) is 26.6 Å². The molecule has 4 aromatic rings. The minimum atomic E-state index is -0.514. The summed E-state index contributed by atoms with van der Waals surface area (Å²) in [6, 6.07) is 14.6. The molecule has 8 heteroatoms. The number of benzene rings is 2. The van der Waals surface area contributed by atoms with Gasteiger partial charge in [0.2, 0.25) is 0 Å². The van der Waals surface area contributed by atoms with Gasteiger partial charge in [0.05, 0.1) is 16.3 Å². The first-order chi connectivity index (χ1) is 14.1. The summed E-state index contributed by atoms with van der Waals surface area (Å²) in [6.45, 7) is 1.75. The molecule has 144 valence electrons. The SMILES string of the molecule is Cc1nnnn1-c1ccc(F)c(NC(=O)c2cc3c(s2)-c2ccccc2CC3)c1. The summed E-state index contributed by atoms with van der Waals surface area (Å²) in [5.74, 6) is -0.274. The van der Waals surface area contributed by atoms with Crippen LogP contribution in [0, 0.1) is 12.7 Å². The molecule has 2 aromatic carbocycles. The van der Waals surface area contributed by atoms with E-state index in [9.17, 15) is 9.18 Å². The third kappa shape index (κ3) is 3.11. The molecule has 0 saturated carbocycles. The maximum absolute atomic E-state index is 14.3. The van der Waals surface area contributed by atoms with Crippen molar-refractivity contribution in [2.24, 2.45) is 0 Å². The Morgan fingerprint density at radius 1 is 1.14 bits per heavy atom. The number of carbonyl (C=O) groups is 1. The minimum Gasteiger partial charge on any atom is -0.319 e. The molecule has 0 fully saturated rings. The fourth-order valence-electron chi connectivity index (χ4n) is 3.58. The smallest absolute Gasteiger partial charge is 0.265 e. The van der Waals surface area contributed by atoms with Gasteiger partial charge in [0.25, 0.3) is 5.91 Å². The number of amides is 1. The van der Waals surface area contributed by atoms with Crippen LogP contribution in [0.25, 0.3) is 16.1 Å². The number of halogens is 1. The highest BCUT2D eigenvalue weighted by atomic mass is 32.1. The Morgan fingerprint density at radius 2 is 1.97 bits per heavy atom. The molecule has 2 aromatic heterocycles. The zero-order valence-electron chi connectivity index (χ0n) is 15.5. The van der Waals surface area contributed by atoms with Gasteiger partial charge >= 0.3 is 0 Å². The van der Waals surface area contributed by atoms with Crippen molar-refractivity contribution in [3.8, 4) is 16.1 Å². The number of rotatable bonds is 3. The first kappa shape index (κ1) is 17.7. The second-order valence-corrected chi connectivity index (χ2v) is 7.93. The van der Waals surface area contributed by atoms with Crippen LogP contribution in [0.4, 0.5) is 10.1 Å². The molecule has 29 heavy (non-hydrogen) atoms. The largest absolute Gasteiger partial charge is 0.319 e. The van der Waals surface area contributed by atoms with Gasteiger partial charge in [-0.3, -0.25) is 4.79 Å². The van der Waals surface area contributed by atoms with Crippen molar-refractivity contribution in [1.82, 2.24) is 20.2 Å². The van der Waals surface area contributed by atoms with Crippen molar-refractivity contribution in [3.05, 3.63) is 76.2 Å². The highest BCUT2D eigenvalue weighted by Crippen LogP contribution is 2.39. The van der Waals surface area contributed by atoms with Gasteiger partial charge in [-0.25, -0.2) is 4.39 Å². The van der Waals surface area contributed by atoms with E-state index in [0.29, 0.717) is 16.4 Å². The quantitative estimate of drug-likeness (QED) is 0.555. The zero-order valence-corrected chi connectivity index (χ0v) is 16.3. The first-order valence-corrected chi connectivity index (χ1v) is 9.99. The van der Waals surface area contributed by atoms with Crippen LogP contribution in [0.5, 0.6) is 0 Å². The van der Waals surface area contributed by atoms with Crippen LogP contribution >= 0.6 is 11.3 Å². The zero-order chi connectivity index (χ0) is 20.0. The number of aromatic nitrogens is 4. The van der Waals surface area contributed by atoms with Gasteiger partial charge in [-0.05, 0) is 71.1 Å². The summed E-state index contributed by atoms with van der Waals surface area (Å²) < 4.78 is 15.8. The third-order valence-corrected chi connectivity index (χ3v) is 6.24. The van der Waals surface area contributed by atoms with E-state index < -0.39 is 5.82 Å². The molecule has 1 aliphatic rings. The van der Waals surface area contributed by atoms with Gasteiger partial charge in [-0.2, -0.15) is 4.68 Å². The van der Waals surface area contributed by atoms with Crippen LogP contribution in [0.15, 0.2) is 48.5 Å². The summed E-state index contributed by atoms with van der Waals surface area (Å²) in [5, 5.41) is 14.0. The normalized spacial score (nSPS) is 12.3. The summed E-state index contributed by atoms with van der Waals surface area (Å²) in [6.07, 6.45) is 1.86. The molecule has 0 unspecified atom stereocenters. The van der Waals surface area contributed by atoms with Gasteiger partial charge in [-0.15, -0.1) is 16.4 Å². The fraction of sp³-hybridized carbons (Fsp3) is 0.143. The molecule has 2 heterocycles. The van der Waals surface area contributed by atoms with Crippen molar-refractivity contribution in [3.63, 3.8) is 0 Å². The van der Waals surface area contributed by atoms with Crippen LogP contribution in [0.2, 0.25) is 0 Å². The van der Waals surface area contributed by atoms with Crippen molar-refractivity contribution in [2.75, 3.05) is 5.32 Å². The molecule has 1 amide bonds. The van der Waals surface area contributed by atoms with Gasteiger partial charge < -0.3 is 5.32 Å². The molecule has 0 atom stereocenters. The number of hydrogen-bond acceptors (Lipinski definition) is 5. The molecule has 0 aliphatic heterocycles. The first-order valence-electron chi connectivity index (χ1n) is 9.17. The number of nitrogens with zero attached hydrogens (tertiary/aromatic N) is 4. The van der Waals surface area contributed by atoms with E-state index in [1.165, 1.54) is 39.3 Å². The number of carbonyl (C=O) groups excluding carboxylic acids is 1. The molecule has 0 saturated heterocycles. The molecular weight excluding hydrogens is 389 g/mol.